The van der Waals surface area contributed by atoms with E-state index in [0.717, 1.165) is 6.42 Å². The Morgan fingerprint density at radius 1 is 1.16 bits per heavy atom. The molecule has 3 rings (SSSR count). The highest BCUT2D eigenvalue weighted by Gasteiger charge is 2.28. The summed E-state index contributed by atoms with van der Waals surface area (Å²) in [5, 5.41) is 4.06. The van der Waals surface area contributed by atoms with Gasteiger partial charge >= 0.3 is 0 Å². The molecule has 0 aliphatic carbocycles. The van der Waals surface area contributed by atoms with E-state index in [-0.39, 0.29) is 5.91 Å². The van der Waals surface area contributed by atoms with Gasteiger partial charge in [0.25, 0.3) is 0 Å². The van der Waals surface area contributed by atoms with Gasteiger partial charge in [0.15, 0.2) is 0 Å². The minimum atomic E-state index is -2.58. The van der Waals surface area contributed by atoms with E-state index in [4.69, 9.17) is 0 Å². The molecule has 0 spiro atoms. The van der Waals surface area contributed by atoms with Crippen molar-refractivity contribution in [3.63, 3.8) is 0 Å². The molecule has 1 aliphatic heterocycles. The Balaban J connectivity index is 1.54. The molecule has 0 atom stereocenters. The molecule has 0 aromatic carbocycles. The van der Waals surface area contributed by atoms with Gasteiger partial charge in [-0.3, -0.25) is 13.9 Å². The van der Waals surface area contributed by atoms with Crippen molar-refractivity contribution < 1.29 is 13.9 Å². The second-order valence-electron chi connectivity index (χ2n) is 6.13. The highest BCUT2D eigenvalue weighted by Crippen LogP contribution is 2.48. The molecule has 1 fully saturated rings. The third-order valence-electron chi connectivity index (χ3n) is 4.24. The molecule has 2 aromatic heterocycles. The zero-order valence-electron chi connectivity index (χ0n) is 14.0. The van der Waals surface area contributed by atoms with Crippen LogP contribution in [0, 0.1) is 0 Å². The largest absolute Gasteiger partial charge is 0.332 e. The van der Waals surface area contributed by atoms with Crippen LogP contribution in [0.1, 0.15) is 29.0 Å². The van der Waals surface area contributed by atoms with Crippen LogP contribution in [0.15, 0.2) is 35.0 Å². The van der Waals surface area contributed by atoms with Crippen molar-refractivity contribution in [3.05, 3.63) is 44.8 Å². The predicted molar refractivity (Wildman–Crippen MR) is 106 cm³/mol. The maximum Gasteiger partial charge on any atom is 0.223 e. The Morgan fingerprint density at radius 3 is 2.28 bits per heavy atom. The molecule has 0 saturated carbocycles. The van der Waals surface area contributed by atoms with Crippen molar-refractivity contribution in [2.75, 3.05) is 18.8 Å². The van der Waals surface area contributed by atoms with Crippen LogP contribution in [-0.4, -0.2) is 43.1 Å². The molecule has 1 aliphatic rings. The molecule has 138 valence electrons. The highest BCUT2D eigenvalue weighted by atomic mass is 32.3. The smallest absolute Gasteiger partial charge is 0.223 e. The first kappa shape index (κ1) is 18.9. The monoisotopic (exact) mass is 400 g/mol. The van der Waals surface area contributed by atoms with Gasteiger partial charge in [0, 0.05) is 29.3 Å². The Labute approximate surface area is 158 Å². The van der Waals surface area contributed by atoms with Gasteiger partial charge in [-0.05, 0) is 35.7 Å². The van der Waals surface area contributed by atoms with E-state index in [1.165, 1.54) is 9.75 Å². The van der Waals surface area contributed by atoms with E-state index in [0.29, 0.717) is 44.8 Å². The summed E-state index contributed by atoms with van der Waals surface area (Å²) in [6.45, 7) is 2.55. The molecule has 8 heteroatoms. The Bertz CT molecular complexity index is 623. The average Bonchev–Trinajstić information content (AvgIpc) is 3.30. The van der Waals surface area contributed by atoms with E-state index in [1.807, 2.05) is 27.8 Å². The second kappa shape index (κ2) is 8.66. The van der Waals surface area contributed by atoms with Crippen molar-refractivity contribution >= 4 is 39.4 Å². The highest BCUT2D eigenvalue weighted by molar-refractivity contribution is 8.22. The van der Waals surface area contributed by atoms with Crippen LogP contribution in [0.25, 0.3) is 0 Å². The van der Waals surface area contributed by atoms with Gasteiger partial charge in [-0.25, -0.2) is 4.31 Å². The van der Waals surface area contributed by atoms with E-state index in [9.17, 15) is 13.9 Å². The summed E-state index contributed by atoms with van der Waals surface area (Å²) in [7, 11) is -2.58. The Kier molecular flexibility index (Phi) is 6.54. The van der Waals surface area contributed by atoms with Gasteiger partial charge in [0.05, 0.1) is 18.8 Å². The molecule has 0 bridgehead atoms. The zero-order chi connectivity index (χ0) is 17.7. The quantitative estimate of drug-likeness (QED) is 0.685. The number of rotatable bonds is 8. The van der Waals surface area contributed by atoms with Crippen molar-refractivity contribution in [2.24, 2.45) is 0 Å². The van der Waals surface area contributed by atoms with Crippen LogP contribution >= 0.6 is 33.4 Å². The fourth-order valence-corrected chi connectivity index (χ4v) is 6.00. The maximum atomic E-state index is 12.7. The Morgan fingerprint density at radius 2 is 1.80 bits per heavy atom. The van der Waals surface area contributed by atoms with Crippen LogP contribution in [0.2, 0.25) is 0 Å². The van der Waals surface area contributed by atoms with Crippen LogP contribution in [0.3, 0.4) is 0 Å². The average molecular weight is 401 g/mol. The van der Waals surface area contributed by atoms with Crippen LogP contribution in [0.5, 0.6) is 0 Å². The lowest BCUT2D eigenvalue weighted by Gasteiger charge is -2.36. The van der Waals surface area contributed by atoms with Gasteiger partial charge in [-0.2, -0.15) is 0 Å². The second-order valence-corrected chi connectivity index (χ2v) is 10.4. The van der Waals surface area contributed by atoms with Crippen molar-refractivity contribution in [1.29, 1.82) is 0 Å². The molecule has 2 aromatic rings. The fraction of sp³-hybridized carbons (Fsp3) is 0.471. The summed E-state index contributed by atoms with van der Waals surface area (Å²) in [5.74, 6) is 0.585. The molecule has 1 amide bonds. The fourth-order valence-electron chi connectivity index (χ4n) is 2.95. The molecule has 1 saturated heterocycles. The number of carbonyl (C=O) groups is 1. The lowest BCUT2D eigenvalue weighted by Crippen LogP contribution is -2.30. The third-order valence-corrected chi connectivity index (χ3v) is 7.99. The summed E-state index contributed by atoms with van der Waals surface area (Å²) in [4.78, 5) is 17.0. The van der Waals surface area contributed by atoms with Crippen LogP contribution in [-0.2, 0) is 17.9 Å². The maximum absolute atomic E-state index is 12.7. The van der Waals surface area contributed by atoms with Crippen molar-refractivity contribution in [3.8, 4) is 0 Å². The van der Waals surface area contributed by atoms with Crippen LogP contribution < -0.4 is 0 Å². The first-order valence-electron chi connectivity index (χ1n) is 8.38. The number of thiophene rings is 2. The standard InChI is InChI=1S/C17H24N2O3S3/c20-17(7-1-8-19-9-4-12-25(19,21)22)18(13-15-5-2-10-23-15)14-16-6-3-11-24-16/h2-3,5-6,10-11,21-22H,1,4,7-9,12-14H2. The lowest BCUT2D eigenvalue weighted by molar-refractivity contribution is -0.132. The van der Waals surface area contributed by atoms with E-state index in [2.05, 4.69) is 12.1 Å². The predicted octanol–water partition coefficient (Wildman–Crippen LogP) is 4.49. The molecule has 0 unspecified atom stereocenters. The number of carbonyl (C=O) groups excluding carboxylic acids is 1. The first-order valence-corrected chi connectivity index (χ1v) is 11.8. The van der Waals surface area contributed by atoms with E-state index < -0.39 is 10.8 Å². The van der Waals surface area contributed by atoms with Gasteiger partial charge in [0.1, 0.15) is 0 Å². The summed E-state index contributed by atoms with van der Waals surface area (Å²) in [6, 6.07) is 8.12. The molecule has 0 radical (unpaired) electrons. The van der Waals surface area contributed by atoms with Gasteiger partial charge in [0.2, 0.25) is 5.91 Å². The molecular weight excluding hydrogens is 376 g/mol. The molecule has 5 nitrogen and oxygen atoms in total. The Hall–Kier alpha value is -0.900. The molecule has 3 heterocycles. The molecular formula is C17H24N2O3S3. The van der Waals surface area contributed by atoms with Crippen molar-refractivity contribution in [2.45, 2.75) is 32.4 Å². The molecule has 2 N–H and O–H groups in total. The number of amides is 1. The van der Waals surface area contributed by atoms with Gasteiger partial charge in [-0.1, -0.05) is 12.1 Å². The molecule has 25 heavy (non-hydrogen) atoms. The van der Waals surface area contributed by atoms with E-state index in [1.54, 1.807) is 27.0 Å². The van der Waals surface area contributed by atoms with Gasteiger partial charge < -0.3 is 4.90 Å². The first-order chi connectivity index (χ1) is 12.0. The van der Waals surface area contributed by atoms with Gasteiger partial charge in [-0.15, -0.1) is 33.4 Å². The topological polar surface area (TPSA) is 64.0 Å². The minimum absolute atomic E-state index is 0.123. The number of hydrogen-bond acceptors (Lipinski definition) is 6. The summed E-state index contributed by atoms with van der Waals surface area (Å²) < 4.78 is 21.6. The lowest BCUT2D eigenvalue weighted by atomic mass is 10.2. The van der Waals surface area contributed by atoms with Crippen molar-refractivity contribution in [1.82, 2.24) is 9.21 Å². The normalized spacial score (nSPS) is 18.3. The van der Waals surface area contributed by atoms with E-state index >= 15 is 0 Å². The third kappa shape index (κ3) is 5.29. The summed E-state index contributed by atoms with van der Waals surface area (Å²) >= 11 is 3.33. The summed E-state index contributed by atoms with van der Waals surface area (Å²) in [6.07, 6.45) is 1.90. The van der Waals surface area contributed by atoms with Crippen LogP contribution in [0.4, 0.5) is 0 Å². The minimum Gasteiger partial charge on any atom is -0.332 e. The summed E-state index contributed by atoms with van der Waals surface area (Å²) in [5.41, 5.74) is 0. The SMILES string of the molecule is O=C(CCCN1CCCS1(O)O)N(Cc1cccs1)Cc1cccs1. The number of hydrogen-bond donors (Lipinski definition) is 2. The zero-order valence-corrected chi connectivity index (χ0v) is 16.5. The number of nitrogens with zero attached hydrogens (tertiary/aromatic N) is 2.